The SMILES string of the molecule is CCOC(=O)c1cnc(N)c(NC[C@@H]2CCO2)c1. The minimum absolute atomic E-state index is 0.218. The van der Waals surface area contributed by atoms with Crippen molar-refractivity contribution in [2.75, 3.05) is 30.8 Å². The van der Waals surface area contributed by atoms with Gasteiger partial charge < -0.3 is 20.5 Å². The zero-order valence-corrected chi connectivity index (χ0v) is 10.3. The number of nitrogens with zero attached hydrogens (tertiary/aromatic N) is 1. The Morgan fingerprint density at radius 3 is 3.11 bits per heavy atom. The summed E-state index contributed by atoms with van der Waals surface area (Å²) in [6.45, 7) is 3.57. The van der Waals surface area contributed by atoms with Crippen LogP contribution in [-0.2, 0) is 9.47 Å². The molecule has 2 heterocycles. The van der Waals surface area contributed by atoms with Crippen LogP contribution in [0.25, 0.3) is 0 Å². The molecular formula is C12H17N3O3. The van der Waals surface area contributed by atoms with Gasteiger partial charge in [0.1, 0.15) is 5.82 Å². The third kappa shape index (κ3) is 2.89. The first-order valence-corrected chi connectivity index (χ1v) is 5.98. The van der Waals surface area contributed by atoms with Crippen molar-refractivity contribution < 1.29 is 14.3 Å². The number of ether oxygens (including phenoxy) is 2. The zero-order valence-electron chi connectivity index (χ0n) is 10.3. The highest BCUT2D eigenvalue weighted by Gasteiger charge is 2.18. The van der Waals surface area contributed by atoms with Crippen LogP contribution >= 0.6 is 0 Å². The van der Waals surface area contributed by atoms with E-state index in [1.54, 1.807) is 13.0 Å². The van der Waals surface area contributed by atoms with Crippen molar-refractivity contribution in [1.82, 2.24) is 4.98 Å². The Morgan fingerprint density at radius 1 is 1.72 bits per heavy atom. The number of hydrogen-bond donors (Lipinski definition) is 2. The third-order valence-corrected chi connectivity index (χ3v) is 2.74. The lowest BCUT2D eigenvalue weighted by Crippen LogP contribution is -2.33. The monoisotopic (exact) mass is 251 g/mol. The van der Waals surface area contributed by atoms with Gasteiger partial charge in [0.25, 0.3) is 0 Å². The second kappa shape index (κ2) is 5.68. The first kappa shape index (κ1) is 12.6. The summed E-state index contributed by atoms with van der Waals surface area (Å²) >= 11 is 0. The molecule has 2 rings (SSSR count). The molecule has 0 spiro atoms. The lowest BCUT2D eigenvalue weighted by atomic mass is 10.2. The first-order chi connectivity index (χ1) is 8.70. The Hall–Kier alpha value is -1.82. The van der Waals surface area contributed by atoms with Crippen molar-refractivity contribution >= 4 is 17.5 Å². The largest absolute Gasteiger partial charge is 0.462 e. The van der Waals surface area contributed by atoms with Crippen molar-refractivity contribution in [2.24, 2.45) is 0 Å². The van der Waals surface area contributed by atoms with Crippen LogP contribution in [0.2, 0.25) is 0 Å². The number of nitrogens with two attached hydrogens (primary N) is 1. The standard InChI is InChI=1S/C12H17N3O3/c1-2-17-12(16)8-5-10(11(13)15-6-8)14-7-9-3-4-18-9/h5-6,9,14H,2-4,7H2,1H3,(H2,13,15)/t9-/m0/s1. The van der Waals surface area contributed by atoms with Gasteiger partial charge in [-0.15, -0.1) is 0 Å². The molecule has 0 aliphatic carbocycles. The van der Waals surface area contributed by atoms with Crippen LogP contribution < -0.4 is 11.1 Å². The number of pyridine rings is 1. The molecule has 1 fully saturated rings. The van der Waals surface area contributed by atoms with E-state index in [1.165, 1.54) is 6.20 Å². The molecule has 1 aliphatic heterocycles. The van der Waals surface area contributed by atoms with E-state index in [4.69, 9.17) is 15.2 Å². The van der Waals surface area contributed by atoms with Gasteiger partial charge in [-0.25, -0.2) is 9.78 Å². The van der Waals surface area contributed by atoms with Crippen molar-refractivity contribution in [3.8, 4) is 0 Å². The molecule has 0 saturated carbocycles. The van der Waals surface area contributed by atoms with E-state index in [2.05, 4.69) is 10.3 Å². The average molecular weight is 251 g/mol. The van der Waals surface area contributed by atoms with Crippen molar-refractivity contribution in [3.63, 3.8) is 0 Å². The smallest absolute Gasteiger partial charge is 0.339 e. The van der Waals surface area contributed by atoms with Gasteiger partial charge in [0.05, 0.1) is 24.0 Å². The number of hydrogen-bond acceptors (Lipinski definition) is 6. The number of carbonyl (C=O) groups excluding carboxylic acids is 1. The molecular weight excluding hydrogens is 234 g/mol. The van der Waals surface area contributed by atoms with E-state index in [9.17, 15) is 4.79 Å². The van der Waals surface area contributed by atoms with E-state index in [-0.39, 0.29) is 6.10 Å². The Balaban J connectivity index is 2.03. The van der Waals surface area contributed by atoms with Crippen molar-refractivity contribution in [2.45, 2.75) is 19.4 Å². The van der Waals surface area contributed by atoms with Gasteiger partial charge in [0, 0.05) is 19.3 Å². The third-order valence-electron chi connectivity index (χ3n) is 2.74. The van der Waals surface area contributed by atoms with Crippen molar-refractivity contribution in [3.05, 3.63) is 17.8 Å². The number of nitrogens with one attached hydrogen (secondary N) is 1. The topological polar surface area (TPSA) is 86.5 Å². The second-order valence-electron chi connectivity index (χ2n) is 4.04. The van der Waals surface area contributed by atoms with Gasteiger partial charge >= 0.3 is 5.97 Å². The summed E-state index contributed by atoms with van der Waals surface area (Å²) in [4.78, 5) is 15.5. The van der Waals surface area contributed by atoms with Gasteiger partial charge in [0.2, 0.25) is 0 Å². The molecule has 6 heteroatoms. The van der Waals surface area contributed by atoms with E-state index in [0.717, 1.165) is 13.0 Å². The molecule has 98 valence electrons. The molecule has 1 aliphatic rings. The van der Waals surface area contributed by atoms with Crippen LogP contribution in [0.5, 0.6) is 0 Å². The molecule has 0 amide bonds. The Labute approximate surface area is 105 Å². The lowest BCUT2D eigenvalue weighted by molar-refractivity contribution is -0.0410. The number of rotatable bonds is 5. The summed E-state index contributed by atoms with van der Waals surface area (Å²) in [5.74, 6) is -0.0321. The molecule has 6 nitrogen and oxygen atoms in total. The molecule has 0 unspecified atom stereocenters. The highest BCUT2D eigenvalue weighted by molar-refractivity contribution is 5.91. The average Bonchev–Trinajstić information content (AvgIpc) is 2.29. The van der Waals surface area contributed by atoms with Crippen LogP contribution in [0.15, 0.2) is 12.3 Å². The Kier molecular flexibility index (Phi) is 3.99. The number of carbonyl (C=O) groups is 1. The van der Waals surface area contributed by atoms with Gasteiger partial charge in [-0.05, 0) is 19.4 Å². The summed E-state index contributed by atoms with van der Waals surface area (Å²) < 4.78 is 10.2. The molecule has 1 saturated heterocycles. The summed E-state index contributed by atoms with van der Waals surface area (Å²) in [6.07, 6.45) is 2.67. The van der Waals surface area contributed by atoms with Gasteiger partial charge in [-0.3, -0.25) is 0 Å². The number of nitrogen functional groups attached to an aromatic ring is 1. The number of anilines is 2. The van der Waals surface area contributed by atoms with E-state index in [1.807, 2.05) is 0 Å². The van der Waals surface area contributed by atoms with E-state index < -0.39 is 5.97 Å². The number of esters is 1. The first-order valence-electron chi connectivity index (χ1n) is 5.98. The van der Waals surface area contributed by atoms with Crippen LogP contribution in [0.4, 0.5) is 11.5 Å². The van der Waals surface area contributed by atoms with E-state index >= 15 is 0 Å². The predicted octanol–water partition coefficient (Wildman–Crippen LogP) is 1.04. The summed E-state index contributed by atoms with van der Waals surface area (Å²) in [7, 11) is 0. The maximum atomic E-state index is 11.6. The molecule has 0 radical (unpaired) electrons. The van der Waals surface area contributed by atoms with Gasteiger partial charge in [-0.2, -0.15) is 0 Å². The highest BCUT2D eigenvalue weighted by atomic mass is 16.5. The molecule has 0 aromatic carbocycles. The van der Waals surface area contributed by atoms with Crippen molar-refractivity contribution in [1.29, 1.82) is 0 Å². The molecule has 3 N–H and O–H groups in total. The molecule has 1 atom stereocenters. The maximum absolute atomic E-state index is 11.6. The molecule has 1 aromatic heterocycles. The van der Waals surface area contributed by atoms with Crippen LogP contribution in [0.1, 0.15) is 23.7 Å². The molecule has 18 heavy (non-hydrogen) atoms. The zero-order chi connectivity index (χ0) is 13.0. The normalized spacial score (nSPS) is 17.9. The molecule has 1 aromatic rings. The molecule has 0 bridgehead atoms. The van der Waals surface area contributed by atoms with Gasteiger partial charge in [0.15, 0.2) is 0 Å². The minimum atomic E-state index is -0.395. The fraction of sp³-hybridized carbons (Fsp3) is 0.500. The van der Waals surface area contributed by atoms with E-state index in [0.29, 0.717) is 30.2 Å². The van der Waals surface area contributed by atoms with Crippen LogP contribution in [0, 0.1) is 0 Å². The Bertz CT molecular complexity index is 433. The predicted molar refractivity (Wildman–Crippen MR) is 67.5 cm³/mol. The lowest BCUT2D eigenvalue weighted by Gasteiger charge is -2.27. The second-order valence-corrected chi connectivity index (χ2v) is 4.04. The summed E-state index contributed by atoms with van der Waals surface area (Å²) in [5.41, 5.74) is 6.77. The summed E-state index contributed by atoms with van der Waals surface area (Å²) in [5, 5.41) is 3.13. The fourth-order valence-corrected chi connectivity index (χ4v) is 1.61. The van der Waals surface area contributed by atoms with Crippen LogP contribution in [0.3, 0.4) is 0 Å². The quantitative estimate of drug-likeness (QED) is 0.760. The maximum Gasteiger partial charge on any atom is 0.339 e. The Morgan fingerprint density at radius 2 is 2.50 bits per heavy atom. The van der Waals surface area contributed by atoms with Gasteiger partial charge in [-0.1, -0.05) is 0 Å². The fourth-order valence-electron chi connectivity index (χ4n) is 1.61. The minimum Gasteiger partial charge on any atom is -0.462 e. The number of aromatic nitrogens is 1. The van der Waals surface area contributed by atoms with Crippen LogP contribution in [-0.4, -0.2) is 36.8 Å². The highest BCUT2D eigenvalue weighted by Crippen LogP contribution is 2.19. The summed E-state index contributed by atoms with van der Waals surface area (Å²) in [6, 6.07) is 1.65.